The van der Waals surface area contributed by atoms with E-state index in [1.165, 1.54) is 19.3 Å². The van der Waals surface area contributed by atoms with Crippen LogP contribution in [0.4, 0.5) is 0 Å². The smallest absolute Gasteiger partial charge is 0.335 e. The van der Waals surface area contributed by atoms with Gasteiger partial charge in [0.2, 0.25) is 0 Å². The van der Waals surface area contributed by atoms with Crippen molar-refractivity contribution in [1.29, 1.82) is 0 Å². The minimum absolute atomic E-state index is 0.413. The lowest BCUT2D eigenvalue weighted by Gasteiger charge is -2.22. The van der Waals surface area contributed by atoms with Gasteiger partial charge in [-0.2, -0.15) is 4.98 Å². The van der Waals surface area contributed by atoms with Crippen molar-refractivity contribution in [1.82, 2.24) is 20.5 Å². The Bertz CT molecular complexity index is 377. The molecule has 5 heteroatoms. The Morgan fingerprint density at radius 1 is 1.17 bits per heavy atom. The predicted octanol–water partition coefficient (Wildman–Crippen LogP) is 1.52. The van der Waals surface area contributed by atoms with E-state index in [0.29, 0.717) is 18.7 Å². The van der Waals surface area contributed by atoms with E-state index in [2.05, 4.69) is 34.3 Å². The van der Waals surface area contributed by atoms with Crippen LogP contribution in [0.5, 0.6) is 6.01 Å². The molecule has 1 aliphatic heterocycles. The number of aromatic nitrogens is 3. The zero-order valence-corrected chi connectivity index (χ0v) is 11.3. The van der Waals surface area contributed by atoms with Crippen LogP contribution in [-0.4, -0.2) is 34.4 Å². The van der Waals surface area contributed by atoms with Crippen LogP contribution in [0.1, 0.15) is 44.5 Å². The Kier molecular flexibility index (Phi) is 4.87. The molecule has 2 rings (SSSR count). The van der Waals surface area contributed by atoms with Crippen LogP contribution in [-0.2, 0) is 12.8 Å². The second-order valence-electron chi connectivity index (χ2n) is 4.65. The molecule has 0 bridgehead atoms. The van der Waals surface area contributed by atoms with Crippen LogP contribution in [0.25, 0.3) is 0 Å². The van der Waals surface area contributed by atoms with Gasteiger partial charge in [0.1, 0.15) is 6.61 Å². The minimum Gasteiger partial charge on any atom is -0.461 e. The van der Waals surface area contributed by atoms with Crippen LogP contribution in [0.15, 0.2) is 0 Å². The molecule has 1 fully saturated rings. The van der Waals surface area contributed by atoms with Crippen LogP contribution in [0.2, 0.25) is 0 Å². The molecule has 1 N–H and O–H groups in total. The molecule has 1 aromatic rings. The maximum Gasteiger partial charge on any atom is 0.335 e. The molecule has 1 atom stereocenters. The summed E-state index contributed by atoms with van der Waals surface area (Å²) in [5, 5.41) is 11.6. The molecule has 0 saturated carbocycles. The fourth-order valence-electron chi connectivity index (χ4n) is 2.22. The average molecular weight is 250 g/mol. The molecule has 1 unspecified atom stereocenters. The van der Waals surface area contributed by atoms with Gasteiger partial charge in [-0.3, -0.25) is 0 Å². The molecule has 0 spiro atoms. The highest BCUT2D eigenvalue weighted by Gasteiger charge is 2.14. The highest BCUT2D eigenvalue weighted by Crippen LogP contribution is 2.11. The Morgan fingerprint density at radius 2 is 2.00 bits per heavy atom. The van der Waals surface area contributed by atoms with Gasteiger partial charge in [0.25, 0.3) is 0 Å². The number of hydrogen-bond acceptors (Lipinski definition) is 5. The lowest BCUT2D eigenvalue weighted by Crippen LogP contribution is -2.38. The molecule has 1 aromatic heterocycles. The molecule has 0 amide bonds. The number of piperidine rings is 1. The normalized spacial score (nSPS) is 19.8. The molecule has 5 nitrogen and oxygen atoms in total. The number of rotatable bonds is 5. The summed E-state index contributed by atoms with van der Waals surface area (Å²) in [5.74, 6) is 0. The van der Waals surface area contributed by atoms with E-state index in [-0.39, 0.29) is 0 Å². The van der Waals surface area contributed by atoms with Gasteiger partial charge in [-0.1, -0.05) is 25.4 Å². The Hall–Kier alpha value is -1.23. The van der Waals surface area contributed by atoms with Crippen LogP contribution in [0.3, 0.4) is 0 Å². The van der Waals surface area contributed by atoms with E-state index in [1.54, 1.807) is 0 Å². The maximum absolute atomic E-state index is 5.64. The van der Waals surface area contributed by atoms with Crippen molar-refractivity contribution in [2.45, 2.75) is 52.0 Å². The van der Waals surface area contributed by atoms with Gasteiger partial charge in [-0.15, -0.1) is 5.10 Å². The summed E-state index contributed by atoms with van der Waals surface area (Å²) in [4.78, 5) is 4.42. The molecular formula is C13H22N4O. The van der Waals surface area contributed by atoms with Gasteiger partial charge >= 0.3 is 6.01 Å². The number of nitrogens with zero attached hydrogens (tertiary/aromatic N) is 3. The SMILES string of the molecule is CCc1nnc(OCC2CCCCN2)nc1CC. The van der Waals surface area contributed by atoms with Crippen molar-refractivity contribution < 1.29 is 4.74 Å². The van der Waals surface area contributed by atoms with Crippen molar-refractivity contribution in [3.63, 3.8) is 0 Å². The molecule has 0 aliphatic carbocycles. The second kappa shape index (κ2) is 6.64. The van der Waals surface area contributed by atoms with E-state index >= 15 is 0 Å². The predicted molar refractivity (Wildman–Crippen MR) is 69.7 cm³/mol. The summed E-state index contributed by atoms with van der Waals surface area (Å²) in [6, 6.07) is 0.842. The van der Waals surface area contributed by atoms with Crippen molar-refractivity contribution in [2.75, 3.05) is 13.2 Å². The molecule has 1 saturated heterocycles. The second-order valence-corrected chi connectivity index (χ2v) is 4.65. The quantitative estimate of drug-likeness (QED) is 0.858. The lowest BCUT2D eigenvalue weighted by molar-refractivity contribution is 0.221. The first-order valence-electron chi connectivity index (χ1n) is 6.92. The highest BCUT2D eigenvalue weighted by atomic mass is 16.5. The number of nitrogens with one attached hydrogen (secondary N) is 1. The average Bonchev–Trinajstić information content (AvgIpc) is 2.45. The maximum atomic E-state index is 5.64. The summed E-state index contributed by atoms with van der Waals surface area (Å²) in [7, 11) is 0. The Labute approximate surface area is 108 Å². The molecule has 18 heavy (non-hydrogen) atoms. The Balaban J connectivity index is 1.92. The van der Waals surface area contributed by atoms with E-state index in [9.17, 15) is 0 Å². The third-order valence-electron chi connectivity index (χ3n) is 3.32. The van der Waals surface area contributed by atoms with Crippen molar-refractivity contribution in [3.8, 4) is 6.01 Å². The Morgan fingerprint density at radius 3 is 2.67 bits per heavy atom. The zero-order chi connectivity index (χ0) is 12.8. The van der Waals surface area contributed by atoms with Crippen molar-refractivity contribution >= 4 is 0 Å². The van der Waals surface area contributed by atoms with Crippen LogP contribution >= 0.6 is 0 Å². The summed E-state index contributed by atoms with van der Waals surface area (Å²) >= 11 is 0. The van der Waals surface area contributed by atoms with Gasteiger partial charge < -0.3 is 10.1 Å². The highest BCUT2D eigenvalue weighted by molar-refractivity contribution is 5.11. The zero-order valence-electron chi connectivity index (χ0n) is 11.3. The first-order chi connectivity index (χ1) is 8.83. The summed E-state index contributed by atoms with van der Waals surface area (Å²) in [6.07, 6.45) is 5.44. The first kappa shape index (κ1) is 13.2. The van der Waals surface area contributed by atoms with Gasteiger partial charge in [0, 0.05) is 6.04 Å². The van der Waals surface area contributed by atoms with E-state index in [0.717, 1.165) is 30.8 Å². The monoisotopic (exact) mass is 250 g/mol. The van der Waals surface area contributed by atoms with Gasteiger partial charge in [-0.25, -0.2) is 0 Å². The summed E-state index contributed by atoms with van der Waals surface area (Å²) in [6.45, 7) is 5.87. The fourth-order valence-corrected chi connectivity index (χ4v) is 2.22. The standard InChI is InChI=1S/C13H22N4O/c1-3-11-12(4-2)16-17-13(15-11)18-9-10-7-5-6-8-14-10/h10,14H,3-9H2,1-2H3. The minimum atomic E-state index is 0.413. The molecule has 100 valence electrons. The van der Waals surface area contributed by atoms with E-state index < -0.39 is 0 Å². The van der Waals surface area contributed by atoms with Gasteiger partial charge in [0.15, 0.2) is 0 Å². The van der Waals surface area contributed by atoms with E-state index in [4.69, 9.17) is 4.74 Å². The van der Waals surface area contributed by atoms with Gasteiger partial charge in [-0.05, 0) is 32.2 Å². The number of aryl methyl sites for hydroxylation is 2. The third-order valence-corrected chi connectivity index (χ3v) is 3.32. The molecular weight excluding hydrogens is 228 g/mol. The largest absolute Gasteiger partial charge is 0.461 e. The molecule has 0 aromatic carbocycles. The van der Waals surface area contributed by atoms with Crippen molar-refractivity contribution in [3.05, 3.63) is 11.4 Å². The molecule has 0 radical (unpaired) electrons. The number of ether oxygens (including phenoxy) is 1. The topological polar surface area (TPSA) is 59.9 Å². The molecule has 2 heterocycles. The third kappa shape index (κ3) is 3.38. The van der Waals surface area contributed by atoms with Gasteiger partial charge in [0.05, 0.1) is 11.4 Å². The summed E-state index contributed by atoms with van der Waals surface area (Å²) < 4.78 is 5.64. The van der Waals surface area contributed by atoms with Crippen LogP contribution < -0.4 is 10.1 Å². The van der Waals surface area contributed by atoms with Crippen LogP contribution in [0, 0.1) is 0 Å². The number of hydrogen-bond donors (Lipinski definition) is 1. The molecule has 1 aliphatic rings. The lowest BCUT2D eigenvalue weighted by atomic mass is 10.1. The van der Waals surface area contributed by atoms with E-state index in [1.807, 2.05) is 0 Å². The summed E-state index contributed by atoms with van der Waals surface area (Å²) in [5.41, 5.74) is 1.97. The first-order valence-corrected chi connectivity index (χ1v) is 6.92. The van der Waals surface area contributed by atoms with Crippen molar-refractivity contribution in [2.24, 2.45) is 0 Å². The fraction of sp³-hybridized carbons (Fsp3) is 0.769.